The molecule has 6 heteroatoms. The van der Waals surface area contributed by atoms with Crippen molar-refractivity contribution >= 4 is 22.8 Å². The predicted molar refractivity (Wildman–Crippen MR) is 71.6 cm³/mol. The van der Waals surface area contributed by atoms with Gasteiger partial charge in [0.1, 0.15) is 0 Å². The highest BCUT2D eigenvalue weighted by atomic mass is 16.5. The first-order valence-electron chi connectivity index (χ1n) is 6.45. The van der Waals surface area contributed by atoms with Gasteiger partial charge in [0.05, 0.1) is 24.7 Å². The van der Waals surface area contributed by atoms with Crippen molar-refractivity contribution in [1.82, 2.24) is 15.1 Å². The van der Waals surface area contributed by atoms with E-state index in [0.29, 0.717) is 13.1 Å². The molecule has 1 aromatic carbocycles. The maximum Gasteiger partial charge on any atom is 0.310 e. The molecule has 2 aromatic rings. The van der Waals surface area contributed by atoms with E-state index in [1.807, 2.05) is 18.2 Å². The maximum atomic E-state index is 11.9. The zero-order valence-corrected chi connectivity index (χ0v) is 11.1. The first-order valence-corrected chi connectivity index (χ1v) is 6.45. The van der Waals surface area contributed by atoms with Gasteiger partial charge in [0.25, 0.3) is 0 Å². The number of nitrogens with one attached hydrogen (secondary N) is 1. The molecule has 0 aliphatic carbocycles. The number of nitrogens with zero attached hydrogens (tertiary/aromatic N) is 2. The fourth-order valence-corrected chi connectivity index (χ4v) is 2.56. The number of likely N-dealkylation sites (tertiary alicyclic amines) is 1. The predicted octanol–water partition coefficient (Wildman–Crippen LogP) is 1.08. The van der Waals surface area contributed by atoms with E-state index in [2.05, 4.69) is 10.2 Å². The lowest BCUT2D eigenvalue weighted by Crippen LogP contribution is -2.26. The summed E-state index contributed by atoms with van der Waals surface area (Å²) in [5, 5.41) is 7.87. The van der Waals surface area contributed by atoms with Gasteiger partial charge in [0.15, 0.2) is 0 Å². The Balaban J connectivity index is 1.74. The third-order valence-corrected chi connectivity index (χ3v) is 3.63. The number of fused-ring (bicyclic) bond motifs is 1. The highest BCUT2D eigenvalue weighted by molar-refractivity contribution is 5.87. The lowest BCUT2D eigenvalue weighted by Gasteiger charge is -2.16. The van der Waals surface area contributed by atoms with E-state index in [-0.39, 0.29) is 24.2 Å². The molecule has 1 aromatic heterocycles. The van der Waals surface area contributed by atoms with E-state index in [1.165, 1.54) is 7.11 Å². The molecule has 1 N–H and O–H groups in total. The second-order valence-electron chi connectivity index (χ2n) is 4.99. The van der Waals surface area contributed by atoms with Gasteiger partial charge in [-0.25, -0.2) is 0 Å². The third-order valence-electron chi connectivity index (χ3n) is 3.63. The largest absolute Gasteiger partial charge is 0.469 e. The van der Waals surface area contributed by atoms with Gasteiger partial charge in [0, 0.05) is 24.9 Å². The van der Waals surface area contributed by atoms with E-state index in [9.17, 15) is 9.59 Å². The molecule has 1 atom stereocenters. The molecule has 1 unspecified atom stereocenters. The van der Waals surface area contributed by atoms with Crippen molar-refractivity contribution in [3.63, 3.8) is 0 Å². The first kappa shape index (κ1) is 12.7. The minimum atomic E-state index is -0.342. The Bertz CT molecular complexity index is 664. The number of aromatic nitrogens is 2. The first-order chi connectivity index (χ1) is 9.67. The van der Waals surface area contributed by atoms with Gasteiger partial charge in [-0.05, 0) is 17.7 Å². The molecule has 1 saturated heterocycles. The molecule has 0 saturated carbocycles. The Labute approximate surface area is 115 Å². The van der Waals surface area contributed by atoms with Crippen LogP contribution >= 0.6 is 0 Å². The summed E-state index contributed by atoms with van der Waals surface area (Å²) in [6, 6.07) is 5.90. The highest BCUT2D eigenvalue weighted by Gasteiger charge is 2.34. The number of benzene rings is 1. The van der Waals surface area contributed by atoms with Crippen LogP contribution in [0.25, 0.3) is 10.9 Å². The minimum Gasteiger partial charge on any atom is -0.469 e. The van der Waals surface area contributed by atoms with Gasteiger partial charge in [-0.15, -0.1) is 0 Å². The number of methoxy groups -OCH3 is 1. The van der Waals surface area contributed by atoms with Crippen LogP contribution in [-0.2, 0) is 20.9 Å². The standard InChI is InChI=1S/C14H15N3O3/c1-20-14(19)11-5-13(18)17(8-11)7-9-2-3-12-10(4-9)6-15-16-12/h2-4,6,11H,5,7-8H2,1H3,(H,15,16). The van der Waals surface area contributed by atoms with E-state index in [4.69, 9.17) is 4.74 Å². The van der Waals surface area contributed by atoms with E-state index < -0.39 is 0 Å². The van der Waals surface area contributed by atoms with Gasteiger partial charge in [-0.3, -0.25) is 14.7 Å². The van der Waals surface area contributed by atoms with Gasteiger partial charge >= 0.3 is 5.97 Å². The molecule has 6 nitrogen and oxygen atoms in total. The Kier molecular flexibility index (Phi) is 3.14. The number of H-pyrrole nitrogens is 1. The Morgan fingerprint density at radius 3 is 3.20 bits per heavy atom. The number of rotatable bonds is 3. The molecule has 20 heavy (non-hydrogen) atoms. The number of ether oxygens (including phenoxy) is 1. The van der Waals surface area contributed by atoms with E-state index in [0.717, 1.165) is 16.5 Å². The summed E-state index contributed by atoms with van der Waals surface area (Å²) in [5.74, 6) is -0.663. The number of carbonyl (C=O) groups is 2. The molecule has 0 radical (unpaired) electrons. The van der Waals surface area contributed by atoms with Crippen LogP contribution in [0.15, 0.2) is 24.4 Å². The monoisotopic (exact) mass is 273 g/mol. The molecule has 1 aliphatic rings. The van der Waals surface area contributed by atoms with E-state index >= 15 is 0 Å². The molecule has 0 spiro atoms. The SMILES string of the molecule is COC(=O)C1CC(=O)N(Cc2ccc3[nH]ncc3c2)C1. The maximum absolute atomic E-state index is 11.9. The van der Waals surface area contributed by atoms with Gasteiger partial charge in [-0.2, -0.15) is 5.10 Å². The zero-order chi connectivity index (χ0) is 14.1. The summed E-state index contributed by atoms with van der Waals surface area (Å²) < 4.78 is 4.70. The van der Waals surface area contributed by atoms with Crippen molar-refractivity contribution in [2.45, 2.75) is 13.0 Å². The lowest BCUT2D eigenvalue weighted by atomic mass is 10.1. The number of esters is 1. The second-order valence-corrected chi connectivity index (χ2v) is 4.99. The van der Waals surface area contributed by atoms with Crippen molar-refractivity contribution in [3.05, 3.63) is 30.0 Å². The van der Waals surface area contributed by atoms with Crippen molar-refractivity contribution in [1.29, 1.82) is 0 Å². The summed E-state index contributed by atoms with van der Waals surface area (Å²) in [4.78, 5) is 25.1. The molecule has 2 heterocycles. The Hall–Kier alpha value is -2.37. The molecule has 1 aliphatic heterocycles. The molecule has 104 valence electrons. The Morgan fingerprint density at radius 2 is 2.40 bits per heavy atom. The van der Waals surface area contributed by atoms with Crippen molar-refractivity contribution < 1.29 is 14.3 Å². The average Bonchev–Trinajstić information content (AvgIpc) is 3.05. The highest BCUT2D eigenvalue weighted by Crippen LogP contribution is 2.22. The number of carbonyl (C=O) groups excluding carboxylic acids is 2. The lowest BCUT2D eigenvalue weighted by molar-refractivity contribution is -0.145. The zero-order valence-electron chi connectivity index (χ0n) is 11.1. The average molecular weight is 273 g/mol. The van der Waals surface area contributed by atoms with Gasteiger partial charge in [0.2, 0.25) is 5.91 Å². The quantitative estimate of drug-likeness (QED) is 0.849. The number of hydrogen-bond donors (Lipinski definition) is 1. The molecule has 1 amide bonds. The normalized spacial score (nSPS) is 18.8. The van der Waals surface area contributed by atoms with Crippen molar-refractivity contribution in [2.75, 3.05) is 13.7 Å². The summed E-state index contributed by atoms with van der Waals surface area (Å²) >= 11 is 0. The van der Waals surface area contributed by atoms with Crippen LogP contribution in [0.1, 0.15) is 12.0 Å². The van der Waals surface area contributed by atoms with Crippen molar-refractivity contribution in [3.8, 4) is 0 Å². The molecule has 0 bridgehead atoms. The third kappa shape index (κ3) is 2.24. The number of amides is 1. The molecular weight excluding hydrogens is 258 g/mol. The number of aromatic amines is 1. The molecular formula is C14H15N3O3. The van der Waals surface area contributed by atoms with E-state index in [1.54, 1.807) is 11.1 Å². The van der Waals surface area contributed by atoms with Gasteiger partial charge < -0.3 is 9.64 Å². The van der Waals surface area contributed by atoms with Crippen LogP contribution in [0.2, 0.25) is 0 Å². The van der Waals surface area contributed by atoms with Crippen LogP contribution in [0.4, 0.5) is 0 Å². The second kappa shape index (κ2) is 4.96. The number of hydrogen-bond acceptors (Lipinski definition) is 4. The Morgan fingerprint density at radius 1 is 1.55 bits per heavy atom. The fraction of sp³-hybridized carbons (Fsp3) is 0.357. The van der Waals surface area contributed by atoms with Crippen molar-refractivity contribution in [2.24, 2.45) is 5.92 Å². The fourth-order valence-electron chi connectivity index (χ4n) is 2.56. The summed E-state index contributed by atoms with van der Waals surface area (Å²) in [6.45, 7) is 0.933. The minimum absolute atomic E-state index is 0.00677. The summed E-state index contributed by atoms with van der Waals surface area (Å²) in [6.07, 6.45) is 1.99. The van der Waals surface area contributed by atoms with Crippen LogP contribution in [-0.4, -0.2) is 40.6 Å². The van der Waals surface area contributed by atoms with Crippen LogP contribution in [0.5, 0.6) is 0 Å². The molecule has 1 fully saturated rings. The smallest absolute Gasteiger partial charge is 0.310 e. The summed E-state index contributed by atoms with van der Waals surface area (Å²) in [7, 11) is 1.35. The van der Waals surface area contributed by atoms with Crippen LogP contribution in [0.3, 0.4) is 0 Å². The van der Waals surface area contributed by atoms with Gasteiger partial charge in [-0.1, -0.05) is 6.07 Å². The topological polar surface area (TPSA) is 75.3 Å². The summed E-state index contributed by atoms with van der Waals surface area (Å²) in [5.41, 5.74) is 1.99. The molecule has 3 rings (SSSR count). The van der Waals surface area contributed by atoms with Crippen LogP contribution in [0, 0.1) is 5.92 Å². The van der Waals surface area contributed by atoms with Crippen LogP contribution < -0.4 is 0 Å².